The number of pyridine rings is 1. The molecule has 0 saturated carbocycles. The summed E-state index contributed by atoms with van der Waals surface area (Å²) in [7, 11) is 0. The number of thiocarbonyl (C=S) groups is 1. The number of benzene rings is 2. The highest BCUT2D eigenvalue weighted by Crippen LogP contribution is 2.45. The lowest BCUT2D eigenvalue weighted by atomic mass is 9.96. The van der Waals surface area contributed by atoms with Gasteiger partial charge in [-0.25, -0.2) is 0 Å². The Bertz CT molecular complexity index is 1340. The molecule has 2 aromatic carbocycles. The van der Waals surface area contributed by atoms with Crippen molar-refractivity contribution >= 4 is 34.6 Å². The third-order valence-electron chi connectivity index (χ3n) is 6.09. The second kappa shape index (κ2) is 8.54. The number of phenols is 1. The Morgan fingerprint density at radius 2 is 1.79 bits per heavy atom. The Morgan fingerprint density at radius 1 is 1.00 bits per heavy atom. The zero-order chi connectivity index (χ0) is 23.1. The Balaban J connectivity index is 1.70. The summed E-state index contributed by atoms with van der Waals surface area (Å²) in [5, 5.41) is 15.4. The molecule has 0 aliphatic carbocycles. The van der Waals surface area contributed by atoms with E-state index >= 15 is 0 Å². The highest BCUT2D eigenvalue weighted by Gasteiger charge is 2.43. The fraction of sp³-hybridized carbons (Fsp3) is 0.154. The van der Waals surface area contributed by atoms with Crippen molar-refractivity contribution in [3.8, 4) is 11.4 Å². The third kappa shape index (κ3) is 3.75. The van der Waals surface area contributed by atoms with Gasteiger partial charge in [0.25, 0.3) is 0 Å². The molecule has 1 fully saturated rings. The molecular weight excluding hydrogens is 452 g/mol. The van der Waals surface area contributed by atoms with Crippen LogP contribution in [0.2, 0.25) is 5.02 Å². The summed E-state index contributed by atoms with van der Waals surface area (Å²) in [6.07, 6.45) is 1.79. The molecule has 2 atom stereocenters. The Kier molecular flexibility index (Phi) is 5.56. The van der Waals surface area contributed by atoms with Crippen LogP contribution in [0.1, 0.15) is 34.7 Å². The molecule has 1 saturated heterocycles. The monoisotopic (exact) mass is 474 g/mol. The minimum atomic E-state index is -0.208. The van der Waals surface area contributed by atoms with Crippen molar-refractivity contribution in [3.05, 3.63) is 107 Å². The van der Waals surface area contributed by atoms with E-state index in [4.69, 9.17) is 23.8 Å². The van der Waals surface area contributed by atoms with E-state index in [1.54, 1.807) is 12.3 Å². The first-order valence-corrected chi connectivity index (χ1v) is 11.5. The smallest absolute Gasteiger partial charge is 0.174 e. The van der Waals surface area contributed by atoms with Gasteiger partial charge in [0.15, 0.2) is 5.11 Å². The number of aryl methyl sites for hydroxylation is 1. The Morgan fingerprint density at radius 3 is 2.52 bits per heavy atom. The fourth-order valence-corrected chi connectivity index (χ4v) is 5.22. The van der Waals surface area contributed by atoms with Gasteiger partial charge >= 0.3 is 0 Å². The summed E-state index contributed by atoms with van der Waals surface area (Å²) < 4.78 is 2.20. The predicted octanol–water partition coefficient (Wildman–Crippen LogP) is 6.03. The molecule has 0 unspecified atom stereocenters. The molecule has 0 amide bonds. The van der Waals surface area contributed by atoms with Crippen LogP contribution in [0.3, 0.4) is 0 Å². The van der Waals surface area contributed by atoms with Crippen LogP contribution in [-0.2, 0) is 0 Å². The number of aromatic hydroxyl groups is 1. The van der Waals surface area contributed by atoms with Gasteiger partial charge in [-0.3, -0.25) is 4.98 Å². The molecule has 33 heavy (non-hydrogen) atoms. The lowest BCUT2D eigenvalue weighted by Crippen LogP contribution is -2.29. The average molecular weight is 475 g/mol. The van der Waals surface area contributed by atoms with Crippen LogP contribution < -0.4 is 10.2 Å². The number of nitrogens with zero attached hydrogens (tertiary/aromatic N) is 3. The van der Waals surface area contributed by atoms with E-state index < -0.39 is 0 Å². The topological polar surface area (TPSA) is 53.3 Å². The van der Waals surface area contributed by atoms with Crippen LogP contribution in [0.15, 0.2) is 79.0 Å². The largest absolute Gasteiger partial charge is 0.506 e. The highest BCUT2D eigenvalue weighted by atomic mass is 35.5. The molecule has 1 aliphatic rings. The summed E-state index contributed by atoms with van der Waals surface area (Å²) in [6.45, 7) is 4.18. The Hall–Kier alpha value is -3.35. The molecule has 0 bridgehead atoms. The second-order valence-electron chi connectivity index (χ2n) is 8.13. The van der Waals surface area contributed by atoms with Crippen molar-refractivity contribution in [2.75, 3.05) is 4.90 Å². The lowest BCUT2D eigenvalue weighted by molar-refractivity contribution is 0.472. The molecule has 2 N–H and O–H groups in total. The van der Waals surface area contributed by atoms with Gasteiger partial charge in [-0.1, -0.05) is 35.9 Å². The van der Waals surface area contributed by atoms with Crippen LogP contribution in [0.25, 0.3) is 5.69 Å². The van der Waals surface area contributed by atoms with Gasteiger partial charge in [0, 0.05) is 28.3 Å². The first-order chi connectivity index (χ1) is 16.0. The maximum atomic E-state index is 10.7. The van der Waals surface area contributed by atoms with E-state index in [1.807, 2.05) is 65.6 Å². The number of rotatable bonds is 4. The molecule has 3 heterocycles. The molecule has 0 radical (unpaired) electrons. The minimum Gasteiger partial charge on any atom is -0.506 e. The second-order valence-corrected chi connectivity index (χ2v) is 8.95. The molecule has 0 spiro atoms. The molecule has 5 rings (SSSR count). The molecule has 5 nitrogen and oxygen atoms in total. The molecule has 1 aliphatic heterocycles. The maximum Gasteiger partial charge on any atom is 0.174 e. The molecular formula is C26H23ClN4OS. The Labute approximate surface area is 203 Å². The zero-order valence-electron chi connectivity index (χ0n) is 18.2. The van der Waals surface area contributed by atoms with E-state index in [2.05, 4.69) is 34.8 Å². The first kappa shape index (κ1) is 21.5. The molecule has 2 aromatic heterocycles. The van der Waals surface area contributed by atoms with E-state index in [0.717, 1.165) is 28.3 Å². The van der Waals surface area contributed by atoms with Gasteiger partial charge in [0.1, 0.15) is 5.75 Å². The normalized spacial score (nSPS) is 17.9. The highest BCUT2D eigenvalue weighted by molar-refractivity contribution is 7.80. The first-order valence-electron chi connectivity index (χ1n) is 10.7. The fourth-order valence-electron chi connectivity index (χ4n) is 4.70. The molecule has 166 valence electrons. The number of phenolic OH excluding ortho intramolecular Hbond substituents is 1. The summed E-state index contributed by atoms with van der Waals surface area (Å²) in [6, 6.07) is 22.8. The van der Waals surface area contributed by atoms with Crippen LogP contribution in [0, 0.1) is 13.8 Å². The summed E-state index contributed by atoms with van der Waals surface area (Å²) in [4.78, 5) is 6.61. The summed E-state index contributed by atoms with van der Waals surface area (Å²) in [5.74, 6) is 0.178. The van der Waals surface area contributed by atoms with Crippen molar-refractivity contribution in [2.45, 2.75) is 25.9 Å². The molecule has 4 aromatic rings. The van der Waals surface area contributed by atoms with Crippen LogP contribution in [0.5, 0.6) is 5.75 Å². The van der Waals surface area contributed by atoms with E-state index in [1.165, 1.54) is 0 Å². The lowest BCUT2D eigenvalue weighted by Gasteiger charge is -2.28. The van der Waals surface area contributed by atoms with Crippen molar-refractivity contribution < 1.29 is 5.11 Å². The number of para-hydroxylation sites is 2. The number of hydrogen-bond acceptors (Lipinski definition) is 3. The predicted molar refractivity (Wildman–Crippen MR) is 136 cm³/mol. The van der Waals surface area contributed by atoms with Crippen molar-refractivity contribution in [3.63, 3.8) is 0 Å². The zero-order valence-corrected chi connectivity index (χ0v) is 19.8. The van der Waals surface area contributed by atoms with E-state index in [-0.39, 0.29) is 17.8 Å². The molecule has 7 heteroatoms. The SMILES string of the molecule is Cc1cc([C@H]2[C@@H](c3ccccn3)NC(=S)N2c2ccccc2O)c(C)n1-c1cccc(Cl)c1. The number of aromatic nitrogens is 2. The number of anilines is 1. The average Bonchev–Trinajstić information content (AvgIpc) is 3.30. The van der Waals surface area contributed by atoms with E-state index in [0.29, 0.717) is 15.8 Å². The van der Waals surface area contributed by atoms with E-state index in [9.17, 15) is 5.11 Å². The van der Waals surface area contributed by atoms with Gasteiger partial charge in [-0.2, -0.15) is 0 Å². The number of nitrogens with one attached hydrogen (secondary N) is 1. The van der Waals surface area contributed by atoms with Crippen LogP contribution >= 0.6 is 23.8 Å². The summed E-state index contributed by atoms with van der Waals surface area (Å²) >= 11 is 12.1. The van der Waals surface area contributed by atoms with Crippen molar-refractivity contribution in [1.29, 1.82) is 0 Å². The van der Waals surface area contributed by atoms with Crippen LogP contribution in [0.4, 0.5) is 5.69 Å². The van der Waals surface area contributed by atoms with Crippen molar-refractivity contribution in [1.82, 2.24) is 14.9 Å². The number of hydrogen-bond donors (Lipinski definition) is 2. The number of halogens is 1. The van der Waals surface area contributed by atoms with Gasteiger partial charge < -0.3 is 19.9 Å². The summed E-state index contributed by atoms with van der Waals surface area (Å²) in [5.41, 5.74) is 5.80. The minimum absolute atomic E-state index is 0.178. The quantitative estimate of drug-likeness (QED) is 0.354. The third-order valence-corrected chi connectivity index (χ3v) is 6.64. The van der Waals surface area contributed by atoms with Crippen LogP contribution in [-0.4, -0.2) is 19.8 Å². The standard InChI is InChI=1S/C26H23ClN4OS/c1-16-14-20(17(2)30(16)19-9-7-8-18(27)15-19)25-24(21-10-5-6-13-28-21)29-26(33)31(25)22-11-3-4-12-23(22)32/h3-15,24-25,32H,1-2H3,(H,29,33)/t24-,25+/m1/s1. The van der Waals surface area contributed by atoms with Crippen molar-refractivity contribution in [2.24, 2.45) is 0 Å². The maximum absolute atomic E-state index is 10.7. The van der Waals surface area contributed by atoms with Gasteiger partial charge in [0.05, 0.1) is 23.5 Å². The van der Waals surface area contributed by atoms with Gasteiger partial charge in [-0.15, -0.1) is 0 Å². The van der Waals surface area contributed by atoms with Gasteiger partial charge in [-0.05, 0) is 80.2 Å². The van der Waals surface area contributed by atoms with Gasteiger partial charge in [0.2, 0.25) is 0 Å².